The van der Waals surface area contributed by atoms with E-state index in [1.807, 2.05) is 116 Å². The second kappa shape index (κ2) is 11.4. The van der Waals surface area contributed by atoms with Crippen LogP contribution in [0.2, 0.25) is 0 Å². The van der Waals surface area contributed by atoms with Crippen molar-refractivity contribution in [3.8, 4) is 45.6 Å². The number of pyridine rings is 4. The Hall–Kier alpha value is -9.04. The third-order valence-electron chi connectivity index (χ3n) is 12.2. The lowest BCUT2D eigenvalue weighted by molar-refractivity contribution is 0.966. The number of nitrogens with zero attached hydrogens (tertiary/aromatic N) is 14. The predicted molar refractivity (Wildman–Crippen MR) is 237 cm³/mol. The molecular formula is C48H26N14. The lowest BCUT2D eigenvalue weighted by atomic mass is 10.0. The number of fused-ring (bicyclic) bond motifs is 12. The van der Waals surface area contributed by atoms with E-state index in [0.717, 1.165) is 99.5 Å². The van der Waals surface area contributed by atoms with E-state index >= 15 is 0 Å². The third-order valence-corrected chi connectivity index (χ3v) is 12.2. The van der Waals surface area contributed by atoms with Gasteiger partial charge in [-0.15, -0.1) is 20.4 Å². The van der Waals surface area contributed by atoms with Crippen LogP contribution in [0.5, 0.6) is 0 Å². The molecule has 0 saturated carbocycles. The van der Waals surface area contributed by atoms with Gasteiger partial charge in [-0.05, 0) is 109 Å². The third kappa shape index (κ3) is 4.16. The van der Waals surface area contributed by atoms with Crippen LogP contribution in [0, 0.1) is 0 Å². The van der Waals surface area contributed by atoms with E-state index in [9.17, 15) is 0 Å². The van der Waals surface area contributed by atoms with Gasteiger partial charge in [0, 0.05) is 68.6 Å². The molecule has 0 N–H and O–H groups in total. The summed E-state index contributed by atoms with van der Waals surface area (Å²) in [4.78, 5) is 19.9. The van der Waals surface area contributed by atoms with Crippen molar-refractivity contribution >= 4 is 77.2 Å². The Kier molecular flexibility index (Phi) is 5.85. The molecule has 0 spiro atoms. The molecule has 15 rings (SSSR count). The van der Waals surface area contributed by atoms with E-state index in [4.69, 9.17) is 40.3 Å². The Morgan fingerprint density at radius 2 is 0.677 bits per heavy atom. The maximum Gasteiger partial charge on any atom is 0.182 e. The zero-order valence-electron chi connectivity index (χ0n) is 32.3. The van der Waals surface area contributed by atoms with Crippen molar-refractivity contribution in [3.05, 3.63) is 158 Å². The highest BCUT2D eigenvalue weighted by molar-refractivity contribution is 6.26. The number of hydrogen-bond acceptors (Lipinski definition) is 8. The quantitative estimate of drug-likeness (QED) is 0.161. The molecule has 14 nitrogen and oxygen atoms in total. The minimum Gasteiger partial charge on any atom is -0.305 e. The maximum absolute atomic E-state index is 5.05. The van der Waals surface area contributed by atoms with E-state index in [1.54, 1.807) is 0 Å². The van der Waals surface area contributed by atoms with Crippen molar-refractivity contribution in [2.45, 2.75) is 0 Å². The van der Waals surface area contributed by atoms with E-state index in [-0.39, 0.29) is 0 Å². The van der Waals surface area contributed by atoms with Crippen LogP contribution >= 0.6 is 0 Å². The predicted octanol–water partition coefficient (Wildman–Crippen LogP) is 9.08. The Morgan fingerprint density at radius 1 is 0.323 bits per heavy atom. The monoisotopic (exact) mass is 798 g/mol. The van der Waals surface area contributed by atoms with Crippen molar-refractivity contribution in [2.24, 2.45) is 0 Å². The fourth-order valence-corrected chi connectivity index (χ4v) is 9.57. The molecule has 0 fully saturated rings. The van der Waals surface area contributed by atoms with Crippen LogP contribution in [0.3, 0.4) is 0 Å². The normalized spacial score (nSPS) is 12.5. The van der Waals surface area contributed by atoms with Crippen molar-refractivity contribution in [1.29, 1.82) is 0 Å². The van der Waals surface area contributed by atoms with E-state index in [2.05, 4.69) is 69.5 Å². The summed E-state index contributed by atoms with van der Waals surface area (Å²) in [5, 5.41) is 23.9. The summed E-state index contributed by atoms with van der Waals surface area (Å²) in [6.07, 6.45) is 7.71. The first-order valence-electron chi connectivity index (χ1n) is 20.2. The van der Waals surface area contributed by atoms with Crippen LogP contribution in [0.15, 0.2) is 158 Å². The maximum atomic E-state index is 5.05. The second-order valence-corrected chi connectivity index (χ2v) is 15.6. The van der Waals surface area contributed by atoms with Crippen molar-refractivity contribution < 1.29 is 0 Å². The highest BCUT2D eigenvalue weighted by atomic mass is 15.3. The van der Waals surface area contributed by atoms with Gasteiger partial charge in [0.15, 0.2) is 45.9 Å². The Morgan fingerprint density at radius 3 is 1.06 bits per heavy atom. The largest absolute Gasteiger partial charge is 0.305 e. The SMILES string of the molecule is c1ccn2nc(-c3ccc4c(c3)c3c(-c5nc6ccccn6n5)ccc5c3n4c3ccc(-c4nc6ccccn6n4)c4c6cc(-c7nc8ccccn8n7)ccc6n5c43)nc2c1. The fourth-order valence-electron chi connectivity index (χ4n) is 9.57. The highest BCUT2D eigenvalue weighted by Gasteiger charge is 2.27. The number of aromatic nitrogens is 14. The Labute approximate surface area is 347 Å². The minimum atomic E-state index is 0.643. The molecule has 0 atom stereocenters. The summed E-state index contributed by atoms with van der Waals surface area (Å²) < 4.78 is 12.1. The molecule has 0 saturated heterocycles. The molecule has 11 heterocycles. The molecule has 11 aromatic heterocycles. The van der Waals surface area contributed by atoms with Gasteiger partial charge in [-0.1, -0.05) is 24.3 Å². The Balaban J connectivity index is 1.10. The smallest absolute Gasteiger partial charge is 0.182 e. The molecule has 15 aromatic rings. The second-order valence-electron chi connectivity index (χ2n) is 15.6. The topological polar surface area (TPSA) is 130 Å². The first kappa shape index (κ1) is 31.9. The van der Waals surface area contributed by atoms with Gasteiger partial charge in [-0.25, -0.2) is 38.0 Å². The van der Waals surface area contributed by atoms with E-state index < -0.39 is 0 Å². The summed E-state index contributed by atoms with van der Waals surface area (Å²) in [7, 11) is 0. The first-order valence-corrected chi connectivity index (χ1v) is 20.2. The minimum absolute atomic E-state index is 0.643. The summed E-state index contributed by atoms with van der Waals surface area (Å²) in [6, 6.07) is 45.4. The summed E-state index contributed by atoms with van der Waals surface area (Å²) >= 11 is 0. The average molecular weight is 799 g/mol. The van der Waals surface area contributed by atoms with Crippen LogP contribution in [0.25, 0.3) is 123 Å². The number of hydrogen-bond donors (Lipinski definition) is 0. The van der Waals surface area contributed by atoms with Crippen molar-refractivity contribution in [3.63, 3.8) is 0 Å². The van der Waals surface area contributed by atoms with Gasteiger partial charge in [0.1, 0.15) is 0 Å². The molecule has 62 heavy (non-hydrogen) atoms. The van der Waals surface area contributed by atoms with Crippen LogP contribution in [-0.4, -0.2) is 67.2 Å². The zero-order chi connectivity index (χ0) is 40.2. The molecule has 0 radical (unpaired) electrons. The van der Waals surface area contributed by atoms with Crippen LogP contribution in [0.4, 0.5) is 0 Å². The molecule has 0 aliphatic carbocycles. The Bertz CT molecular complexity index is 3950. The van der Waals surface area contributed by atoms with Crippen molar-refractivity contribution in [2.75, 3.05) is 0 Å². The van der Waals surface area contributed by atoms with Crippen molar-refractivity contribution in [1.82, 2.24) is 67.2 Å². The van der Waals surface area contributed by atoms with Gasteiger partial charge >= 0.3 is 0 Å². The van der Waals surface area contributed by atoms with Gasteiger partial charge in [0.25, 0.3) is 0 Å². The van der Waals surface area contributed by atoms with Gasteiger partial charge in [0.2, 0.25) is 0 Å². The standard InChI is InChI=1S/C48H26N14/c1-5-21-57-37(9-1)49-45(53-57)27-13-17-33-31(25-27)41-29(47-51-39-11-3-7-23-59(39)55-47)15-19-35-43(41)61(33)36-20-16-30(48-52-40-12-4-8-24-60(40)56-48)42-32-26-28(14-18-34(32)62(35)44(36)42)46-50-38-10-2-6-22-58(38)54-46/h1-26H. The first-order chi connectivity index (χ1) is 30.7. The number of benzene rings is 4. The average Bonchev–Trinajstić information content (AvgIpc) is 4.18. The molecular weight excluding hydrogens is 773 g/mol. The molecule has 0 bridgehead atoms. The highest BCUT2D eigenvalue weighted by Crippen LogP contribution is 2.46. The molecule has 0 aliphatic rings. The molecule has 14 heteroatoms. The molecule has 0 aliphatic heterocycles. The lowest BCUT2D eigenvalue weighted by Gasteiger charge is -2.13. The molecule has 288 valence electrons. The van der Waals surface area contributed by atoms with E-state index in [0.29, 0.717) is 23.3 Å². The summed E-state index contributed by atoms with van der Waals surface area (Å²) in [6.45, 7) is 0. The van der Waals surface area contributed by atoms with Crippen LogP contribution in [0.1, 0.15) is 0 Å². The van der Waals surface area contributed by atoms with Gasteiger partial charge in [-0.2, -0.15) is 0 Å². The van der Waals surface area contributed by atoms with Gasteiger partial charge in [0.05, 0.1) is 33.1 Å². The zero-order valence-corrected chi connectivity index (χ0v) is 32.3. The van der Waals surface area contributed by atoms with E-state index in [1.165, 1.54) is 0 Å². The lowest BCUT2D eigenvalue weighted by Crippen LogP contribution is -1.98. The molecule has 4 aromatic carbocycles. The van der Waals surface area contributed by atoms with Crippen LogP contribution < -0.4 is 0 Å². The van der Waals surface area contributed by atoms with Gasteiger partial charge in [-0.3, -0.25) is 0 Å². The summed E-state index contributed by atoms with van der Waals surface area (Å²) in [5.41, 5.74) is 13.0. The summed E-state index contributed by atoms with van der Waals surface area (Å²) in [5.74, 6) is 2.59. The fraction of sp³-hybridized carbons (Fsp3) is 0. The number of rotatable bonds is 4. The van der Waals surface area contributed by atoms with Gasteiger partial charge < -0.3 is 8.80 Å². The molecule has 0 amide bonds. The molecule has 0 unspecified atom stereocenters. The van der Waals surface area contributed by atoms with Crippen LogP contribution in [-0.2, 0) is 0 Å².